The Morgan fingerprint density at radius 1 is 0.826 bits per heavy atom. The first-order valence-electron chi connectivity index (χ1n) is 9.86. The summed E-state index contributed by atoms with van der Waals surface area (Å²) in [4.78, 5) is 19.7. The highest BCUT2D eigenvalue weighted by atomic mass is 16.2. The smallest absolute Gasteiger partial charge is 0.239 e. The second-order valence-corrected chi connectivity index (χ2v) is 8.08. The topological polar surface area (TPSA) is 26.8 Å². The van der Waals surface area contributed by atoms with Crippen molar-refractivity contribution < 1.29 is 4.79 Å². The van der Waals surface area contributed by atoms with Gasteiger partial charge < -0.3 is 9.80 Å². The Kier molecular flexibility index (Phi) is 5.97. The zero-order valence-corrected chi connectivity index (χ0v) is 15.2. The minimum Gasteiger partial charge on any atom is -0.341 e. The number of hydrogen-bond acceptors (Lipinski definition) is 3. The van der Waals surface area contributed by atoms with Gasteiger partial charge in [0.25, 0.3) is 0 Å². The normalized spacial score (nSPS) is 28.0. The molecule has 1 aliphatic carbocycles. The molecule has 3 rings (SSSR count). The molecule has 2 aliphatic heterocycles. The molecule has 1 atom stereocenters. The quantitative estimate of drug-likeness (QED) is 0.799. The zero-order valence-electron chi connectivity index (χ0n) is 15.2. The van der Waals surface area contributed by atoms with Crippen LogP contribution in [0.15, 0.2) is 0 Å². The molecule has 0 aromatic heterocycles. The van der Waals surface area contributed by atoms with Gasteiger partial charge in [-0.2, -0.15) is 0 Å². The lowest BCUT2D eigenvalue weighted by Crippen LogP contribution is -2.54. The summed E-state index contributed by atoms with van der Waals surface area (Å²) in [5, 5.41) is 0. The lowest BCUT2D eigenvalue weighted by molar-refractivity contribution is -0.138. The lowest BCUT2D eigenvalue weighted by Gasteiger charge is -2.41. The minimum absolute atomic E-state index is 0.0648. The fourth-order valence-electron chi connectivity index (χ4n) is 4.83. The average molecular weight is 322 g/mol. The van der Waals surface area contributed by atoms with E-state index in [1.165, 1.54) is 44.9 Å². The van der Waals surface area contributed by atoms with Gasteiger partial charge in [0.05, 0.1) is 6.04 Å². The Balaban J connectivity index is 1.45. The van der Waals surface area contributed by atoms with Crippen molar-refractivity contribution in [1.29, 1.82) is 0 Å². The lowest BCUT2D eigenvalue weighted by atomic mass is 9.76. The van der Waals surface area contributed by atoms with Crippen LogP contribution in [0.1, 0.15) is 51.9 Å². The predicted octanol–water partition coefficient (Wildman–Crippen LogP) is 2.44. The van der Waals surface area contributed by atoms with Crippen LogP contribution in [0.25, 0.3) is 0 Å². The fraction of sp³-hybridized carbons (Fsp3) is 0.947. The van der Waals surface area contributed by atoms with Crippen molar-refractivity contribution in [1.82, 2.24) is 14.7 Å². The van der Waals surface area contributed by atoms with Gasteiger partial charge in [-0.25, -0.2) is 0 Å². The molecule has 3 aliphatic rings. The monoisotopic (exact) mass is 321 g/mol. The summed E-state index contributed by atoms with van der Waals surface area (Å²) < 4.78 is 0. The number of carbonyl (C=O) groups excluding carboxylic acids is 1. The first kappa shape index (κ1) is 17.2. The van der Waals surface area contributed by atoms with Crippen LogP contribution in [0.5, 0.6) is 0 Å². The van der Waals surface area contributed by atoms with E-state index in [-0.39, 0.29) is 6.04 Å². The summed E-state index contributed by atoms with van der Waals surface area (Å²) in [5.41, 5.74) is 0. The van der Waals surface area contributed by atoms with E-state index >= 15 is 0 Å². The van der Waals surface area contributed by atoms with Crippen molar-refractivity contribution in [3.8, 4) is 0 Å². The maximum absolute atomic E-state index is 12.8. The van der Waals surface area contributed by atoms with E-state index in [2.05, 4.69) is 28.7 Å². The van der Waals surface area contributed by atoms with Crippen LogP contribution < -0.4 is 0 Å². The van der Waals surface area contributed by atoms with Crippen LogP contribution in [0.3, 0.4) is 0 Å². The number of hydrogen-bond donors (Lipinski definition) is 0. The van der Waals surface area contributed by atoms with Crippen LogP contribution in [0.4, 0.5) is 0 Å². The third-order valence-electron chi connectivity index (χ3n) is 6.61. The summed E-state index contributed by atoms with van der Waals surface area (Å²) in [6.07, 6.45) is 9.68. The predicted molar refractivity (Wildman–Crippen MR) is 94.4 cm³/mol. The molecule has 23 heavy (non-hydrogen) atoms. The molecule has 0 N–H and O–H groups in total. The molecule has 1 amide bonds. The molecule has 2 heterocycles. The molecule has 0 radical (unpaired) electrons. The SMILES string of the molecule is CC(C(=O)N1CCC(C2CCCCC2)CC1)N1CCN(C)CC1. The van der Waals surface area contributed by atoms with Crippen LogP contribution in [0.2, 0.25) is 0 Å². The maximum atomic E-state index is 12.8. The van der Waals surface area contributed by atoms with Crippen molar-refractivity contribution in [2.45, 2.75) is 57.9 Å². The first-order chi connectivity index (χ1) is 11.1. The van der Waals surface area contributed by atoms with Crippen LogP contribution in [-0.2, 0) is 4.79 Å². The summed E-state index contributed by atoms with van der Waals surface area (Å²) >= 11 is 0. The number of piperidine rings is 1. The number of likely N-dealkylation sites (N-methyl/N-ethyl adjacent to an activating group) is 1. The first-order valence-corrected chi connectivity index (χ1v) is 9.86. The molecule has 4 heteroatoms. The Morgan fingerprint density at radius 2 is 1.39 bits per heavy atom. The van der Waals surface area contributed by atoms with E-state index in [1.54, 1.807) is 0 Å². The van der Waals surface area contributed by atoms with Gasteiger partial charge in [-0.05, 0) is 38.6 Å². The summed E-state index contributed by atoms with van der Waals surface area (Å²) in [5.74, 6) is 2.21. The van der Waals surface area contributed by atoms with Gasteiger partial charge in [-0.15, -0.1) is 0 Å². The second kappa shape index (κ2) is 7.98. The van der Waals surface area contributed by atoms with Gasteiger partial charge in [0.15, 0.2) is 0 Å². The molecule has 3 fully saturated rings. The van der Waals surface area contributed by atoms with Gasteiger partial charge in [-0.3, -0.25) is 9.69 Å². The summed E-state index contributed by atoms with van der Waals surface area (Å²) in [7, 11) is 2.17. The number of amides is 1. The molecular weight excluding hydrogens is 286 g/mol. The van der Waals surface area contributed by atoms with E-state index in [4.69, 9.17) is 0 Å². The van der Waals surface area contributed by atoms with Gasteiger partial charge >= 0.3 is 0 Å². The standard InChI is InChI=1S/C19H35N3O/c1-16(21-14-12-20(2)13-15-21)19(23)22-10-8-18(9-11-22)17-6-4-3-5-7-17/h16-18H,3-15H2,1-2H3. The van der Waals surface area contributed by atoms with E-state index < -0.39 is 0 Å². The summed E-state index contributed by atoms with van der Waals surface area (Å²) in [6.45, 7) is 8.34. The van der Waals surface area contributed by atoms with Gasteiger partial charge in [0, 0.05) is 39.3 Å². The molecule has 1 unspecified atom stereocenters. The highest BCUT2D eigenvalue weighted by Crippen LogP contribution is 2.35. The van der Waals surface area contributed by atoms with E-state index in [0.29, 0.717) is 5.91 Å². The Morgan fingerprint density at radius 3 is 2.00 bits per heavy atom. The molecule has 0 bridgehead atoms. The second-order valence-electron chi connectivity index (χ2n) is 8.08. The zero-order chi connectivity index (χ0) is 16.2. The number of nitrogens with zero attached hydrogens (tertiary/aromatic N) is 3. The van der Waals surface area contributed by atoms with Crippen molar-refractivity contribution in [2.75, 3.05) is 46.3 Å². The van der Waals surface area contributed by atoms with Crippen LogP contribution >= 0.6 is 0 Å². The number of piperazine rings is 1. The molecule has 0 aromatic rings. The van der Waals surface area contributed by atoms with Crippen molar-refractivity contribution in [3.05, 3.63) is 0 Å². The third-order valence-corrected chi connectivity index (χ3v) is 6.61. The molecule has 132 valence electrons. The van der Waals surface area contributed by atoms with Crippen molar-refractivity contribution in [2.24, 2.45) is 11.8 Å². The molecule has 1 saturated carbocycles. The fourth-order valence-corrected chi connectivity index (χ4v) is 4.83. The maximum Gasteiger partial charge on any atom is 0.239 e. The average Bonchev–Trinajstić information content (AvgIpc) is 2.62. The Labute approximate surface area is 142 Å². The van der Waals surface area contributed by atoms with Crippen molar-refractivity contribution >= 4 is 5.91 Å². The molecule has 2 saturated heterocycles. The van der Waals surface area contributed by atoms with Gasteiger partial charge in [0.2, 0.25) is 5.91 Å². The van der Waals surface area contributed by atoms with Gasteiger partial charge in [-0.1, -0.05) is 32.1 Å². The van der Waals surface area contributed by atoms with Gasteiger partial charge in [0.1, 0.15) is 0 Å². The van der Waals surface area contributed by atoms with Crippen LogP contribution in [-0.4, -0.2) is 73.0 Å². The number of rotatable bonds is 3. The number of carbonyl (C=O) groups is 1. The molecule has 0 spiro atoms. The van der Waals surface area contributed by atoms with E-state index in [1.807, 2.05) is 0 Å². The molecule has 0 aromatic carbocycles. The molecular formula is C19H35N3O. The van der Waals surface area contributed by atoms with E-state index in [9.17, 15) is 4.79 Å². The minimum atomic E-state index is 0.0648. The van der Waals surface area contributed by atoms with Crippen molar-refractivity contribution in [3.63, 3.8) is 0 Å². The summed E-state index contributed by atoms with van der Waals surface area (Å²) in [6, 6.07) is 0.0648. The third kappa shape index (κ3) is 4.27. The number of likely N-dealkylation sites (tertiary alicyclic amines) is 1. The highest BCUT2D eigenvalue weighted by Gasteiger charge is 2.32. The van der Waals surface area contributed by atoms with E-state index in [0.717, 1.165) is 51.1 Å². The highest BCUT2D eigenvalue weighted by molar-refractivity contribution is 5.81. The Hall–Kier alpha value is -0.610. The Bertz CT molecular complexity index is 378. The largest absolute Gasteiger partial charge is 0.341 e. The molecule has 4 nitrogen and oxygen atoms in total. The van der Waals surface area contributed by atoms with Crippen LogP contribution in [0, 0.1) is 11.8 Å².